The van der Waals surface area contributed by atoms with Gasteiger partial charge >= 0.3 is 0 Å². The second-order valence-corrected chi connectivity index (χ2v) is 11.0. The molecule has 0 N–H and O–H groups in total. The van der Waals surface area contributed by atoms with Gasteiger partial charge in [-0.05, 0) is 35.9 Å². The molecule has 0 unspecified atom stereocenters. The molecule has 0 saturated carbocycles. The minimum atomic E-state index is -0.223. The van der Waals surface area contributed by atoms with Gasteiger partial charge in [0.1, 0.15) is 15.8 Å². The number of aromatic nitrogens is 2. The summed E-state index contributed by atoms with van der Waals surface area (Å²) in [7, 11) is 1.58. The lowest BCUT2D eigenvalue weighted by atomic mass is 10.1. The van der Waals surface area contributed by atoms with Crippen LogP contribution < -0.4 is 19.9 Å². The summed E-state index contributed by atoms with van der Waals surface area (Å²) in [5.74, 6) is 1.92. The van der Waals surface area contributed by atoms with Crippen LogP contribution in [-0.2, 0) is 16.1 Å². The Balaban J connectivity index is 1.26. The lowest BCUT2D eigenvalue weighted by Crippen LogP contribution is -2.47. The van der Waals surface area contributed by atoms with Gasteiger partial charge < -0.3 is 19.1 Å². The van der Waals surface area contributed by atoms with Crippen LogP contribution in [0.15, 0.2) is 52.3 Å². The average molecular weight is 566 g/mol. The normalized spacial score (nSPS) is 18.6. The molecule has 5 heterocycles. The number of hydrogen-bond donors (Lipinski definition) is 0. The summed E-state index contributed by atoms with van der Waals surface area (Å²) in [6.07, 6.45) is 3.34. The maximum absolute atomic E-state index is 13.7. The highest BCUT2D eigenvalue weighted by atomic mass is 32.2. The van der Waals surface area contributed by atoms with Crippen molar-refractivity contribution >= 4 is 51.7 Å². The van der Waals surface area contributed by atoms with E-state index in [0.29, 0.717) is 52.5 Å². The first-order chi connectivity index (χ1) is 19.0. The van der Waals surface area contributed by atoms with Crippen LogP contribution >= 0.6 is 24.0 Å². The molecule has 0 spiro atoms. The van der Waals surface area contributed by atoms with Crippen molar-refractivity contribution in [1.29, 1.82) is 0 Å². The van der Waals surface area contributed by atoms with E-state index in [9.17, 15) is 9.59 Å². The lowest BCUT2D eigenvalue weighted by Gasteiger charge is -2.36. The Hall–Kier alpha value is -3.45. The highest BCUT2D eigenvalue weighted by Crippen LogP contribution is 2.34. The number of thioether (sulfide) groups is 1. The number of thiocarbonyl (C=S) groups is 1. The molecule has 2 aromatic heterocycles. The Kier molecular flexibility index (Phi) is 7.26. The van der Waals surface area contributed by atoms with Crippen molar-refractivity contribution in [2.24, 2.45) is 0 Å². The summed E-state index contributed by atoms with van der Waals surface area (Å²) in [4.78, 5) is 38.0. The summed E-state index contributed by atoms with van der Waals surface area (Å²) in [6, 6.07) is 11.5. The fourth-order valence-corrected chi connectivity index (χ4v) is 6.17. The number of carbonyl (C=O) groups is 1. The number of fused-ring (bicyclic) bond motifs is 2. The molecular weight excluding hydrogens is 538 g/mol. The maximum Gasteiger partial charge on any atom is 0.267 e. The predicted molar refractivity (Wildman–Crippen MR) is 153 cm³/mol. The molecule has 39 heavy (non-hydrogen) atoms. The first-order valence-corrected chi connectivity index (χ1v) is 13.9. The zero-order valence-electron chi connectivity index (χ0n) is 21.4. The summed E-state index contributed by atoms with van der Waals surface area (Å²) >= 11 is 6.62. The monoisotopic (exact) mass is 565 g/mol. The minimum absolute atomic E-state index is 0.222. The molecule has 3 aromatic rings. The molecule has 3 aliphatic rings. The quantitative estimate of drug-likeness (QED) is 0.315. The molecule has 12 heteroatoms. The SMILES string of the molecule is COCCN1C(=O)/C(=C\c2c(N3CCN(Cc4ccc5c(c4)OCO5)CC3)nc3ccccn3c2=O)SC1=S. The molecule has 2 fully saturated rings. The van der Waals surface area contributed by atoms with E-state index in [1.807, 2.05) is 24.3 Å². The number of piperazine rings is 1. The molecule has 0 radical (unpaired) electrons. The van der Waals surface area contributed by atoms with E-state index in [2.05, 4.69) is 15.9 Å². The number of amides is 1. The van der Waals surface area contributed by atoms with E-state index < -0.39 is 0 Å². The molecule has 0 atom stereocenters. The molecule has 6 rings (SSSR count). The van der Waals surface area contributed by atoms with Crippen LogP contribution in [0, 0.1) is 0 Å². The van der Waals surface area contributed by atoms with E-state index in [-0.39, 0.29) is 18.3 Å². The van der Waals surface area contributed by atoms with Crippen LogP contribution in [0.2, 0.25) is 0 Å². The Bertz CT molecular complexity index is 1530. The largest absolute Gasteiger partial charge is 0.454 e. The molecule has 1 amide bonds. The maximum atomic E-state index is 13.7. The standard InChI is InChI=1S/C27H27N5O5S2/c1-35-13-12-32-26(34)22(39-27(32)38)15-19-24(28-23-4-2-3-7-31(23)25(19)33)30-10-8-29(9-11-30)16-18-5-6-20-21(14-18)37-17-36-20/h2-7,14-15H,8-13,16-17H2,1H3/b22-15+. The number of methoxy groups -OCH3 is 1. The van der Waals surface area contributed by atoms with Crippen LogP contribution in [0.1, 0.15) is 11.1 Å². The average Bonchev–Trinajstić information content (AvgIpc) is 3.52. The van der Waals surface area contributed by atoms with Gasteiger partial charge in [-0.2, -0.15) is 0 Å². The molecule has 2 saturated heterocycles. The third-order valence-electron chi connectivity index (χ3n) is 6.93. The molecule has 3 aliphatic heterocycles. The van der Waals surface area contributed by atoms with E-state index in [0.717, 1.165) is 36.7 Å². The van der Waals surface area contributed by atoms with E-state index in [4.69, 9.17) is 31.4 Å². The van der Waals surface area contributed by atoms with Gasteiger partial charge in [0.25, 0.3) is 11.5 Å². The van der Waals surface area contributed by atoms with Crippen molar-refractivity contribution in [3.63, 3.8) is 0 Å². The van der Waals surface area contributed by atoms with Crippen LogP contribution in [0.5, 0.6) is 11.5 Å². The number of rotatable bonds is 7. The third-order valence-corrected chi connectivity index (χ3v) is 8.31. The Morgan fingerprint density at radius 2 is 1.92 bits per heavy atom. The van der Waals surface area contributed by atoms with Gasteiger partial charge in [0.2, 0.25) is 6.79 Å². The highest BCUT2D eigenvalue weighted by Gasteiger charge is 2.33. The van der Waals surface area contributed by atoms with Crippen molar-refractivity contribution < 1.29 is 19.0 Å². The number of anilines is 1. The smallest absolute Gasteiger partial charge is 0.267 e. The topological polar surface area (TPSA) is 88.8 Å². The molecule has 0 aliphatic carbocycles. The first kappa shape index (κ1) is 25.8. The van der Waals surface area contributed by atoms with Gasteiger partial charge in [0.15, 0.2) is 11.5 Å². The van der Waals surface area contributed by atoms with Crippen molar-refractivity contribution in [3.8, 4) is 11.5 Å². The highest BCUT2D eigenvalue weighted by molar-refractivity contribution is 8.26. The zero-order chi connectivity index (χ0) is 26.9. The van der Waals surface area contributed by atoms with Gasteiger partial charge in [-0.1, -0.05) is 36.1 Å². The number of pyridine rings is 1. The second kappa shape index (κ2) is 11.0. The van der Waals surface area contributed by atoms with Crippen LogP contribution in [0.25, 0.3) is 11.7 Å². The second-order valence-electron chi connectivity index (χ2n) is 9.36. The number of benzene rings is 1. The zero-order valence-corrected chi connectivity index (χ0v) is 23.0. The number of hydrogen-bond acceptors (Lipinski definition) is 10. The van der Waals surface area contributed by atoms with Gasteiger partial charge in [-0.25, -0.2) is 4.98 Å². The summed E-state index contributed by atoms with van der Waals surface area (Å²) < 4.78 is 18.0. The fourth-order valence-electron chi connectivity index (χ4n) is 4.88. The van der Waals surface area contributed by atoms with Crippen molar-refractivity contribution in [2.45, 2.75) is 6.54 Å². The predicted octanol–water partition coefficient (Wildman–Crippen LogP) is 2.59. The summed E-state index contributed by atoms with van der Waals surface area (Å²) in [5.41, 5.74) is 1.88. The van der Waals surface area contributed by atoms with Gasteiger partial charge in [0.05, 0.1) is 23.6 Å². The number of ether oxygens (including phenoxy) is 3. The Morgan fingerprint density at radius 3 is 2.74 bits per heavy atom. The van der Waals surface area contributed by atoms with E-state index in [1.54, 1.807) is 25.4 Å². The molecule has 0 bridgehead atoms. The van der Waals surface area contributed by atoms with Crippen molar-refractivity contribution in [3.05, 3.63) is 69.0 Å². The van der Waals surface area contributed by atoms with Crippen molar-refractivity contribution in [1.82, 2.24) is 19.2 Å². The molecule has 10 nitrogen and oxygen atoms in total. The van der Waals surface area contributed by atoms with Crippen molar-refractivity contribution in [2.75, 3.05) is 58.1 Å². The lowest BCUT2D eigenvalue weighted by molar-refractivity contribution is -0.122. The van der Waals surface area contributed by atoms with Crippen LogP contribution in [0.4, 0.5) is 5.82 Å². The van der Waals surface area contributed by atoms with Gasteiger partial charge in [-0.15, -0.1) is 0 Å². The summed E-state index contributed by atoms with van der Waals surface area (Å²) in [6.45, 7) is 4.76. The Labute approximate surface area is 234 Å². The Morgan fingerprint density at radius 1 is 1.10 bits per heavy atom. The molecule has 202 valence electrons. The van der Waals surface area contributed by atoms with Crippen LogP contribution in [-0.4, -0.2) is 82.6 Å². The fraction of sp³-hybridized carbons (Fsp3) is 0.333. The third kappa shape index (κ3) is 5.12. The first-order valence-electron chi connectivity index (χ1n) is 12.6. The van der Waals surface area contributed by atoms with Gasteiger partial charge in [-0.3, -0.25) is 23.8 Å². The molecule has 1 aromatic carbocycles. The number of nitrogens with zero attached hydrogens (tertiary/aromatic N) is 5. The van der Waals surface area contributed by atoms with E-state index in [1.165, 1.54) is 21.1 Å². The summed E-state index contributed by atoms with van der Waals surface area (Å²) in [5, 5.41) is 0. The van der Waals surface area contributed by atoms with E-state index >= 15 is 0 Å². The number of carbonyl (C=O) groups excluding carboxylic acids is 1. The minimum Gasteiger partial charge on any atom is -0.454 e. The molecular formula is C27H27N5O5S2. The van der Waals surface area contributed by atoms with Gasteiger partial charge in [0, 0.05) is 46.0 Å². The van der Waals surface area contributed by atoms with Crippen LogP contribution in [0.3, 0.4) is 0 Å².